The van der Waals surface area contributed by atoms with Crippen LogP contribution >= 0.6 is 0 Å². The Hall–Kier alpha value is -2.67. The Morgan fingerprint density at radius 1 is 1.27 bits per heavy atom. The summed E-state index contributed by atoms with van der Waals surface area (Å²) in [5.74, 6) is -0.454. The average Bonchev–Trinajstić information content (AvgIpc) is 3.06. The molecule has 2 aromatic heterocycles. The van der Waals surface area contributed by atoms with Crippen molar-refractivity contribution in [3.8, 4) is 0 Å². The second kappa shape index (κ2) is 9.89. The number of hydrogen-bond acceptors (Lipinski definition) is 5. The Morgan fingerprint density at radius 3 is 2.63 bits per heavy atom. The molecule has 7 nitrogen and oxygen atoms in total. The number of hydrogen-bond donors (Lipinski definition) is 1. The van der Waals surface area contributed by atoms with E-state index in [9.17, 15) is 9.59 Å². The summed E-state index contributed by atoms with van der Waals surface area (Å²) < 4.78 is 5.13. The lowest BCUT2D eigenvalue weighted by molar-refractivity contribution is 0.0525. The van der Waals surface area contributed by atoms with Crippen molar-refractivity contribution < 1.29 is 14.3 Å². The van der Waals surface area contributed by atoms with Crippen LogP contribution in [0.5, 0.6) is 0 Å². The van der Waals surface area contributed by atoms with Crippen LogP contribution in [0.15, 0.2) is 24.4 Å². The van der Waals surface area contributed by atoms with E-state index in [1.807, 2.05) is 30.3 Å². The van der Waals surface area contributed by atoms with E-state index in [0.29, 0.717) is 29.1 Å². The maximum atomic E-state index is 13.1. The Morgan fingerprint density at radius 2 is 2.00 bits per heavy atom. The zero-order valence-electron chi connectivity index (χ0n) is 18.4. The van der Waals surface area contributed by atoms with Crippen molar-refractivity contribution in [3.05, 3.63) is 52.6 Å². The third kappa shape index (κ3) is 4.90. The topological polar surface area (TPSA) is 78.5 Å². The molecule has 0 bridgehead atoms. The van der Waals surface area contributed by atoms with Gasteiger partial charge in [0.2, 0.25) is 0 Å². The number of aromatic amines is 1. The molecule has 1 fully saturated rings. The molecule has 0 atom stereocenters. The fourth-order valence-electron chi connectivity index (χ4n) is 4.16. The lowest BCUT2D eigenvalue weighted by atomic mass is 10.0. The minimum Gasteiger partial charge on any atom is -0.462 e. The first-order valence-corrected chi connectivity index (χ1v) is 10.7. The van der Waals surface area contributed by atoms with Crippen LogP contribution in [0.1, 0.15) is 57.6 Å². The van der Waals surface area contributed by atoms with E-state index < -0.39 is 0 Å². The van der Waals surface area contributed by atoms with E-state index in [1.54, 1.807) is 20.8 Å². The van der Waals surface area contributed by atoms with Gasteiger partial charge in [0.25, 0.3) is 5.91 Å². The van der Waals surface area contributed by atoms with Gasteiger partial charge in [-0.3, -0.25) is 9.78 Å². The molecular formula is C23H32N4O3. The van der Waals surface area contributed by atoms with Gasteiger partial charge in [0.05, 0.1) is 12.2 Å². The molecule has 0 aliphatic carbocycles. The van der Waals surface area contributed by atoms with Crippen molar-refractivity contribution in [2.75, 3.05) is 33.3 Å². The lowest BCUT2D eigenvalue weighted by Crippen LogP contribution is -2.46. The minimum atomic E-state index is -0.383. The van der Waals surface area contributed by atoms with Gasteiger partial charge >= 0.3 is 5.97 Å². The number of amides is 1. The molecule has 0 spiro atoms. The smallest absolute Gasteiger partial charge is 0.340 e. The van der Waals surface area contributed by atoms with E-state index in [2.05, 4.69) is 20.9 Å². The van der Waals surface area contributed by atoms with Crippen LogP contribution in [-0.4, -0.2) is 71.0 Å². The molecule has 3 heterocycles. The predicted molar refractivity (Wildman–Crippen MR) is 116 cm³/mol. The summed E-state index contributed by atoms with van der Waals surface area (Å²) in [6, 6.07) is 6.21. The highest BCUT2D eigenvalue weighted by atomic mass is 16.5. The molecule has 162 valence electrons. The van der Waals surface area contributed by atoms with Gasteiger partial charge in [-0.15, -0.1) is 0 Å². The number of rotatable bonds is 7. The normalized spacial score (nSPS) is 15.2. The fraction of sp³-hybridized carbons (Fsp3) is 0.522. The Labute approximate surface area is 178 Å². The van der Waals surface area contributed by atoms with Crippen molar-refractivity contribution in [1.82, 2.24) is 19.8 Å². The maximum Gasteiger partial charge on any atom is 0.340 e. The van der Waals surface area contributed by atoms with Crippen LogP contribution in [0.25, 0.3) is 0 Å². The van der Waals surface area contributed by atoms with E-state index >= 15 is 0 Å². The zero-order valence-corrected chi connectivity index (χ0v) is 18.4. The van der Waals surface area contributed by atoms with Crippen molar-refractivity contribution in [2.24, 2.45) is 0 Å². The molecule has 1 amide bonds. The van der Waals surface area contributed by atoms with Crippen LogP contribution in [0.3, 0.4) is 0 Å². The fourth-order valence-corrected chi connectivity index (χ4v) is 4.16. The monoisotopic (exact) mass is 412 g/mol. The summed E-state index contributed by atoms with van der Waals surface area (Å²) in [5, 5.41) is 0. The SMILES string of the molecule is CCOC(=O)c1c(C)[nH]c(C(=O)N(C)C2CCN(CCc3ccccn3)CC2)c1C. The van der Waals surface area contributed by atoms with Crippen LogP contribution in [-0.2, 0) is 11.2 Å². The van der Waals surface area contributed by atoms with Crippen LogP contribution in [0.4, 0.5) is 0 Å². The van der Waals surface area contributed by atoms with Crippen molar-refractivity contribution in [1.29, 1.82) is 0 Å². The third-order valence-electron chi connectivity index (χ3n) is 5.97. The van der Waals surface area contributed by atoms with Gasteiger partial charge in [0.1, 0.15) is 5.69 Å². The van der Waals surface area contributed by atoms with Gasteiger partial charge in [-0.05, 0) is 51.3 Å². The zero-order chi connectivity index (χ0) is 21.7. The Balaban J connectivity index is 1.57. The third-order valence-corrected chi connectivity index (χ3v) is 5.97. The summed E-state index contributed by atoms with van der Waals surface area (Å²) in [6.07, 6.45) is 4.65. The lowest BCUT2D eigenvalue weighted by Gasteiger charge is -2.36. The number of likely N-dealkylation sites (tertiary alicyclic amines) is 1. The second-order valence-electron chi connectivity index (χ2n) is 7.91. The number of aromatic nitrogens is 2. The number of aryl methyl sites for hydroxylation is 1. The highest BCUT2D eigenvalue weighted by molar-refractivity contribution is 6.00. The number of piperidine rings is 1. The van der Waals surface area contributed by atoms with Gasteiger partial charge in [-0.1, -0.05) is 6.07 Å². The molecule has 0 unspecified atom stereocenters. The van der Waals surface area contributed by atoms with Gasteiger partial charge in [0, 0.05) is 56.7 Å². The molecule has 30 heavy (non-hydrogen) atoms. The quantitative estimate of drug-likeness (QED) is 0.708. The van der Waals surface area contributed by atoms with Gasteiger partial charge in [-0.2, -0.15) is 0 Å². The van der Waals surface area contributed by atoms with Crippen LogP contribution < -0.4 is 0 Å². The van der Waals surface area contributed by atoms with Crippen molar-refractivity contribution in [2.45, 2.75) is 46.1 Å². The van der Waals surface area contributed by atoms with E-state index in [1.165, 1.54) is 0 Å². The molecule has 0 aromatic carbocycles. The van der Waals surface area contributed by atoms with Gasteiger partial charge < -0.3 is 19.5 Å². The van der Waals surface area contributed by atoms with Crippen LogP contribution in [0.2, 0.25) is 0 Å². The molecule has 0 saturated carbocycles. The van der Waals surface area contributed by atoms with Gasteiger partial charge in [-0.25, -0.2) is 4.79 Å². The molecule has 1 aliphatic heterocycles. The summed E-state index contributed by atoms with van der Waals surface area (Å²) in [4.78, 5) is 37.1. The highest BCUT2D eigenvalue weighted by Crippen LogP contribution is 2.23. The number of H-pyrrole nitrogens is 1. The molecule has 7 heteroatoms. The molecule has 1 N–H and O–H groups in total. The summed E-state index contributed by atoms with van der Waals surface area (Å²) in [5.41, 5.74) is 3.40. The number of carbonyl (C=O) groups excluding carboxylic acids is 2. The number of carbonyl (C=O) groups is 2. The average molecular weight is 413 g/mol. The first kappa shape index (κ1) is 22.0. The predicted octanol–water partition coefficient (Wildman–Crippen LogP) is 2.98. The molecule has 1 aliphatic rings. The van der Waals surface area contributed by atoms with E-state index in [4.69, 9.17) is 4.74 Å². The van der Waals surface area contributed by atoms with Crippen LogP contribution in [0, 0.1) is 13.8 Å². The maximum absolute atomic E-state index is 13.1. The first-order valence-electron chi connectivity index (χ1n) is 10.7. The molecule has 0 radical (unpaired) electrons. The van der Waals surface area contributed by atoms with E-state index in [0.717, 1.165) is 44.6 Å². The number of pyridine rings is 1. The van der Waals surface area contributed by atoms with E-state index in [-0.39, 0.29) is 17.9 Å². The largest absolute Gasteiger partial charge is 0.462 e. The standard InChI is InChI=1S/C23H32N4O3/c1-5-30-23(29)20-16(2)21(25-17(20)3)22(28)26(4)19-10-14-27(15-11-19)13-9-18-8-6-7-12-24-18/h6-8,12,19,25H,5,9-11,13-15H2,1-4H3. The summed E-state index contributed by atoms with van der Waals surface area (Å²) >= 11 is 0. The van der Waals surface area contributed by atoms with Crippen molar-refractivity contribution in [3.63, 3.8) is 0 Å². The Bertz CT molecular complexity index is 870. The Kier molecular flexibility index (Phi) is 7.26. The first-order chi connectivity index (χ1) is 14.4. The summed E-state index contributed by atoms with van der Waals surface area (Å²) in [7, 11) is 1.86. The number of nitrogens with one attached hydrogen (secondary N) is 1. The number of ether oxygens (including phenoxy) is 1. The summed E-state index contributed by atoms with van der Waals surface area (Å²) in [6.45, 7) is 8.60. The number of nitrogens with zero attached hydrogens (tertiary/aromatic N) is 3. The minimum absolute atomic E-state index is 0.0712. The van der Waals surface area contributed by atoms with Gasteiger partial charge in [0.15, 0.2) is 0 Å². The number of esters is 1. The second-order valence-corrected chi connectivity index (χ2v) is 7.91. The molecule has 1 saturated heterocycles. The van der Waals surface area contributed by atoms with Crippen molar-refractivity contribution >= 4 is 11.9 Å². The molecule has 2 aromatic rings. The highest BCUT2D eigenvalue weighted by Gasteiger charge is 2.29. The molecular weight excluding hydrogens is 380 g/mol. The molecule has 3 rings (SSSR count).